The fraction of sp³-hybridized carbons (Fsp3) is 0.200. The molecule has 0 bridgehead atoms. The van der Waals surface area contributed by atoms with Gasteiger partial charge in [0.25, 0.3) is 0 Å². The molecule has 4 aromatic rings. The van der Waals surface area contributed by atoms with Crippen molar-refractivity contribution in [2.24, 2.45) is 0 Å². The first-order valence-corrected chi connectivity index (χ1v) is 8.34. The molecule has 25 heavy (non-hydrogen) atoms. The maximum absolute atomic E-state index is 10.6. The number of aromatic amines is 1. The second-order valence-electron chi connectivity index (χ2n) is 6.33. The number of benzene rings is 1. The summed E-state index contributed by atoms with van der Waals surface area (Å²) < 4.78 is 2.04. The number of fused-ring (bicyclic) bond motifs is 1. The number of nitrogens with zero attached hydrogens (tertiary/aromatic N) is 3. The Hall–Kier alpha value is -2.92. The van der Waals surface area contributed by atoms with E-state index in [0.717, 1.165) is 28.0 Å². The standard InChI is InChI=1S/C20H20N4O/c1-13-7-8-21-17(14(13)2)12-19(25)20-22-16-6-5-15(11-18(16)23-20)24-9-3-4-10-24/h3-11,19,25H,12H2,1-2H3,(H,22,23). The number of imidazole rings is 1. The number of aliphatic hydroxyl groups is 1. The minimum atomic E-state index is -0.713. The zero-order valence-electron chi connectivity index (χ0n) is 14.3. The van der Waals surface area contributed by atoms with Gasteiger partial charge in [-0.3, -0.25) is 4.98 Å². The Morgan fingerprint density at radius 3 is 2.76 bits per heavy atom. The molecule has 1 unspecified atom stereocenters. The molecule has 1 aromatic carbocycles. The SMILES string of the molecule is Cc1ccnc(CC(O)c2nc3ccc(-n4cccc4)cc3[nH]2)c1C. The number of hydrogen-bond acceptors (Lipinski definition) is 3. The summed E-state index contributed by atoms with van der Waals surface area (Å²) in [5.41, 5.74) is 6.01. The van der Waals surface area contributed by atoms with E-state index < -0.39 is 6.10 Å². The van der Waals surface area contributed by atoms with Gasteiger partial charge in [-0.1, -0.05) is 0 Å². The normalized spacial score (nSPS) is 12.6. The number of aromatic nitrogens is 4. The summed E-state index contributed by atoms with van der Waals surface area (Å²) in [7, 11) is 0. The molecule has 0 aliphatic rings. The molecule has 0 aliphatic heterocycles. The van der Waals surface area contributed by atoms with Crippen LogP contribution in [0.4, 0.5) is 0 Å². The Kier molecular flexibility index (Phi) is 3.86. The van der Waals surface area contributed by atoms with Crippen LogP contribution in [0, 0.1) is 13.8 Å². The van der Waals surface area contributed by atoms with E-state index >= 15 is 0 Å². The fourth-order valence-electron chi connectivity index (χ4n) is 3.02. The van der Waals surface area contributed by atoms with Crippen LogP contribution in [0.25, 0.3) is 16.7 Å². The molecule has 2 N–H and O–H groups in total. The number of aliphatic hydroxyl groups excluding tert-OH is 1. The molecule has 0 fully saturated rings. The predicted molar refractivity (Wildman–Crippen MR) is 97.8 cm³/mol. The van der Waals surface area contributed by atoms with Crippen LogP contribution in [-0.4, -0.2) is 24.6 Å². The van der Waals surface area contributed by atoms with Crippen molar-refractivity contribution < 1.29 is 5.11 Å². The molecule has 4 rings (SSSR count). The second kappa shape index (κ2) is 6.18. The highest BCUT2D eigenvalue weighted by molar-refractivity contribution is 5.77. The molecule has 3 aromatic heterocycles. The molecule has 5 nitrogen and oxygen atoms in total. The van der Waals surface area contributed by atoms with Crippen molar-refractivity contribution in [1.82, 2.24) is 19.5 Å². The maximum atomic E-state index is 10.6. The van der Waals surface area contributed by atoms with Crippen LogP contribution in [0.2, 0.25) is 0 Å². The van der Waals surface area contributed by atoms with E-state index in [0.29, 0.717) is 12.2 Å². The highest BCUT2D eigenvalue weighted by Gasteiger charge is 2.16. The number of hydrogen-bond donors (Lipinski definition) is 2. The van der Waals surface area contributed by atoms with Gasteiger partial charge < -0.3 is 14.7 Å². The molecule has 0 saturated heterocycles. The monoisotopic (exact) mass is 332 g/mol. The number of aryl methyl sites for hydroxylation is 1. The van der Waals surface area contributed by atoms with Crippen molar-refractivity contribution in [2.75, 3.05) is 0 Å². The molecule has 5 heteroatoms. The minimum Gasteiger partial charge on any atom is -0.385 e. The third kappa shape index (κ3) is 2.94. The highest BCUT2D eigenvalue weighted by atomic mass is 16.3. The summed E-state index contributed by atoms with van der Waals surface area (Å²) in [6.07, 6.45) is 5.51. The molecule has 0 saturated carbocycles. The first-order chi connectivity index (χ1) is 12.1. The molecule has 0 spiro atoms. The van der Waals surface area contributed by atoms with E-state index in [2.05, 4.69) is 21.9 Å². The second-order valence-corrected chi connectivity index (χ2v) is 6.33. The van der Waals surface area contributed by atoms with Crippen molar-refractivity contribution in [3.05, 3.63) is 77.6 Å². The lowest BCUT2D eigenvalue weighted by Crippen LogP contribution is -2.07. The topological polar surface area (TPSA) is 66.7 Å². The van der Waals surface area contributed by atoms with E-state index in [9.17, 15) is 5.11 Å². The predicted octanol–water partition coefficient (Wildman–Crippen LogP) is 3.64. The molecule has 0 radical (unpaired) electrons. The van der Waals surface area contributed by atoms with Crippen molar-refractivity contribution >= 4 is 11.0 Å². The van der Waals surface area contributed by atoms with Gasteiger partial charge in [-0.25, -0.2) is 4.98 Å². The Bertz CT molecular complexity index is 1020. The van der Waals surface area contributed by atoms with Crippen LogP contribution in [0.3, 0.4) is 0 Å². The third-order valence-electron chi connectivity index (χ3n) is 4.67. The molecule has 126 valence electrons. The van der Waals surface area contributed by atoms with Crippen LogP contribution >= 0.6 is 0 Å². The lowest BCUT2D eigenvalue weighted by molar-refractivity contribution is 0.168. The van der Waals surface area contributed by atoms with Gasteiger partial charge in [0.15, 0.2) is 0 Å². The molecule has 0 aliphatic carbocycles. The molecule has 0 amide bonds. The Balaban J connectivity index is 1.63. The molecular weight excluding hydrogens is 312 g/mol. The summed E-state index contributed by atoms with van der Waals surface area (Å²) in [5.74, 6) is 0.572. The highest BCUT2D eigenvalue weighted by Crippen LogP contribution is 2.23. The van der Waals surface area contributed by atoms with Crippen LogP contribution in [-0.2, 0) is 6.42 Å². The van der Waals surface area contributed by atoms with Gasteiger partial charge in [-0.15, -0.1) is 0 Å². The van der Waals surface area contributed by atoms with Gasteiger partial charge >= 0.3 is 0 Å². The lowest BCUT2D eigenvalue weighted by atomic mass is 10.0. The maximum Gasteiger partial charge on any atom is 0.136 e. The summed E-state index contributed by atoms with van der Waals surface area (Å²) in [4.78, 5) is 12.2. The van der Waals surface area contributed by atoms with Crippen molar-refractivity contribution in [3.63, 3.8) is 0 Å². The summed E-state index contributed by atoms with van der Waals surface area (Å²) in [6.45, 7) is 4.09. The van der Waals surface area contributed by atoms with Crippen molar-refractivity contribution in [3.8, 4) is 5.69 Å². The average molecular weight is 332 g/mol. The molecule has 3 heterocycles. The molecule has 1 atom stereocenters. The van der Waals surface area contributed by atoms with Crippen LogP contribution < -0.4 is 0 Å². The third-order valence-corrected chi connectivity index (χ3v) is 4.67. The summed E-state index contributed by atoms with van der Waals surface area (Å²) in [6, 6.07) is 12.0. The quantitative estimate of drug-likeness (QED) is 0.599. The van der Waals surface area contributed by atoms with E-state index in [-0.39, 0.29) is 0 Å². The van der Waals surface area contributed by atoms with Crippen LogP contribution in [0.1, 0.15) is 28.7 Å². The minimum absolute atomic E-state index is 0.442. The summed E-state index contributed by atoms with van der Waals surface area (Å²) >= 11 is 0. The van der Waals surface area contributed by atoms with Crippen LogP contribution in [0.5, 0.6) is 0 Å². The van der Waals surface area contributed by atoms with Gasteiger partial charge in [0.1, 0.15) is 11.9 Å². The zero-order chi connectivity index (χ0) is 17.4. The average Bonchev–Trinajstić information content (AvgIpc) is 3.27. The Morgan fingerprint density at radius 2 is 1.96 bits per heavy atom. The first kappa shape index (κ1) is 15.6. The van der Waals surface area contributed by atoms with E-state index in [4.69, 9.17) is 0 Å². The van der Waals surface area contributed by atoms with E-state index in [1.54, 1.807) is 6.20 Å². The van der Waals surface area contributed by atoms with Gasteiger partial charge in [-0.2, -0.15) is 0 Å². The Labute approximate surface area is 146 Å². The number of rotatable bonds is 4. The smallest absolute Gasteiger partial charge is 0.136 e. The number of pyridine rings is 1. The van der Waals surface area contributed by atoms with Gasteiger partial charge in [0.05, 0.1) is 11.0 Å². The lowest BCUT2D eigenvalue weighted by Gasteiger charge is -2.10. The van der Waals surface area contributed by atoms with E-state index in [1.807, 2.05) is 60.3 Å². The first-order valence-electron chi connectivity index (χ1n) is 8.34. The summed E-state index contributed by atoms with van der Waals surface area (Å²) in [5, 5.41) is 10.6. The van der Waals surface area contributed by atoms with Gasteiger partial charge in [-0.05, 0) is 61.4 Å². The number of H-pyrrole nitrogens is 1. The van der Waals surface area contributed by atoms with Crippen molar-refractivity contribution in [2.45, 2.75) is 26.4 Å². The van der Waals surface area contributed by atoms with Crippen LogP contribution in [0.15, 0.2) is 55.0 Å². The number of nitrogens with one attached hydrogen (secondary N) is 1. The van der Waals surface area contributed by atoms with E-state index in [1.165, 1.54) is 5.56 Å². The fourth-order valence-corrected chi connectivity index (χ4v) is 3.02. The van der Waals surface area contributed by atoms with Crippen molar-refractivity contribution in [1.29, 1.82) is 0 Å². The van der Waals surface area contributed by atoms with Gasteiger partial charge in [0, 0.05) is 36.4 Å². The van der Waals surface area contributed by atoms with Gasteiger partial charge in [0.2, 0.25) is 0 Å². The molecular formula is C20H20N4O. The largest absolute Gasteiger partial charge is 0.385 e. The Morgan fingerprint density at radius 1 is 1.16 bits per heavy atom. The zero-order valence-corrected chi connectivity index (χ0v) is 14.3.